The van der Waals surface area contributed by atoms with Crippen LogP contribution < -0.4 is 5.32 Å². The maximum absolute atomic E-state index is 5.84. The molecule has 2 aromatic rings. The third-order valence-electron chi connectivity index (χ3n) is 3.19. The van der Waals surface area contributed by atoms with E-state index >= 15 is 0 Å². The van der Waals surface area contributed by atoms with E-state index in [1.165, 1.54) is 0 Å². The second kappa shape index (κ2) is 5.48. The summed E-state index contributed by atoms with van der Waals surface area (Å²) in [6.07, 6.45) is 5.20. The van der Waals surface area contributed by atoms with Crippen LogP contribution in [0.4, 0.5) is 5.82 Å². The molecule has 18 heavy (non-hydrogen) atoms. The smallest absolute Gasteiger partial charge is 0.180 e. The molecule has 0 saturated heterocycles. The lowest BCUT2D eigenvalue weighted by atomic mass is 9.95. The minimum atomic E-state index is -0.0371. The summed E-state index contributed by atoms with van der Waals surface area (Å²) < 4.78 is 0. The number of fused-ring (bicyclic) bond motifs is 1. The first-order chi connectivity index (χ1) is 8.67. The molecule has 0 aliphatic heterocycles. The highest BCUT2D eigenvalue weighted by Crippen LogP contribution is 2.22. The molecule has 0 saturated carbocycles. The van der Waals surface area contributed by atoms with Gasteiger partial charge in [-0.2, -0.15) is 0 Å². The average molecular weight is 265 g/mol. The summed E-state index contributed by atoms with van der Waals surface area (Å²) in [5, 5.41) is 3.43. The summed E-state index contributed by atoms with van der Waals surface area (Å²) in [5.74, 6) is 1.45. The van der Waals surface area contributed by atoms with Crippen LogP contribution in [-0.4, -0.2) is 26.4 Å². The van der Waals surface area contributed by atoms with E-state index in [-0.39, 0.29) is 5.54 Å². The number of hydrogen-bond donors (Lipinski definition) is 1. The minimum Gasteiger partial charge on any atom is -0.365 e. The van der Waals surface area contributed by atoms with Gasteiger partial charge in [-0.1, -0.05) is 6.92 Å². The molecular weight excluding hydrogens is 248 g/mol. The lowest BCUT2D eigenvalue weighted by Crippen LogP contribution is -2.34. The van der Waals surface area contributed by atoms with Crippen LogP contribution >= 0.6 is 11.6 Å². The van der Waals surface area contributed by atoms with E-state index in [0.717, 1.165) is 24.2 Å². The second-order valence-electron chi connectivity index (χ2n) is 4.57. The quantitative estimate of drug-likeness (QED) is 0.843. The topological polar surface area (TPSA) is 50.7 Å². The Balaban J connectivity index is 2.26. The molecule has 0 bridgehead atoms. The van der Waals surface area contributed by atoms with Crippen molar-refractivity contribution in [2.75, 3.05) is 11.2 Å². The Morgan fingerprint density at radius 3 is 2.78 bits per heavy atom. The third kappa shape index (κ3) is 2.88. The number of halogens is 1. The maximum atomic E-state index is 5.84. The van der Waals surface area contributed by atoms with Crippen molar-refractivity contribution in [2.45, 2.75) is 32.2 Å². The molecule has 2 rings (SSSR count). The van der Waals surface area contributed by atoms with E-state index in [1.54, 1.807) is 12.4 Å². The van der Waals surface area contributed by atoms with E-state index in [4.69, 9.17) is 11.6 Å². The predicted octanol–water partition coefficient (Wildman–Crippen LogP) is 3.23. The highest BCUT2D eigenvalue weighted by atomic mass is 35.5. The van der Waals surface area contributed by atoms with Gasteiger partial charge < -0.3 is 5.32 Å². The van der Waals surface area contributed by atoms with E-state index < -0.39 is 0 Å². The highest BCUT2D eigenvalue weighted by Gasteiger charge is 2.21. The van der Waals surface area contributed by atoms with Gasteiger partial charge in [0.15, 0.2) is 5.65 Å². The monoisotopic (exact) mass is 264 g/mol. The van der Waals surface area contributed by atoms with Gasteiger partial charge >= 0.3 is 0 Å². The van der Waals surface area contributed by atoms with Gasteiger partial charge in [-0.05, 0) is 31.9 Å². The summed E-state index contributed by atoms with van der Waals surface area (Å²) in [6.45, 7) is 4.29. The molecule has 0 fully saturated rings. The number of alkyl halides is 1. The van der Waals surface area contributed by atoms with E-state index in [9.17, 15) is 0 Å². The summed E-state index contributed by atoms with van der Waals surface area (Å²) in [6, 6.07) is 3.85. The van der Waals surface area contributed by atoms with Gasteiger partial charge in [0.1, 0.15) is 11.3 Å². The normalized spacial score (nSPS) is 14.4. The molecule has 1 unspecified atom stereocenters. The second-order valence-corrected chi connectivity index (χ2v) is 4.95. The molecule has 1 N–H and O–H groups in total. The van der Waals surface area contributed by atoms with Crippen molar-refractivity contribution in [3.8, 4) is 0 Å². The Hall–Kier alpha value is -1.42. The zero-order valence-electron chi connectivity index (χ0n) is 10.7. The van der Waals surface area contributed by atoms with E-state index in [1.807, 2.05) is 12.1 Å². The van der Waals surface area contributed by atoms with Crippen LogP contribution in [0.2, 0.25) is 0 Å². The van der Waals surface area contributed by atoms with Crippen molar-refractivity contribution in [1.82, 2.24) is 15.0 Å². The number of nitrogens with zero attached hydrogens (tertiary/aromatic N) is 3. The molecule has 96 valence electrons. The Morgan fingerprint density at radius 2 is 2.06 bits per heavy atom. The number of rotatable bonds is 5. The Bertz CT molecular complexity index is 531. The van der Waals surface area contributed by atoms with Crippen molar-refractivity contribution >= 4 is 28.6 Å². The number of nitrogens with one attached hydrogen (secondary N) is 1. The van der Waals surface area contributed by atoms with Gasteiger partial charge in [0, 0.05) is 23.8 Å². The summed E-state index contributed by atoms with van der Waals surface area (Å²) in [7, 11) is 0. The van der Waals surface area contributed by atoms with Gasteiger partial charge in [-0.3, -0.25) is 4.98 Å². The van der Waals surface area contributed by atoms with Gasteiger partial charge in [0.25, 0.3) is 0 Å². The fourth-order valence-corrected chi connectivity index (χ4v) is 2.19. The summed E-state index contributed by atoms with van der Waals surface area (Å²) in [4.78, 5) is 12.9. The van der Waals surface area contributed by atoms with Crippen molar-refractivity contribution in [3.05, 3.63) is 24.5 Å². The molecule has 0 aliphatic rings. The fourth-order valence-electron chi connectivity index (χ4n) is 1.77. The first-order valence-corrected chi connectivity index (χ1v) is 6.62. The first kappa shape index (κ1) is 13.0. The van der Waals surface area contributed by atoms with Crippen molar-refractivity contribution in [2.24, 2.45) is 0 Å². The molecule has 0 aromatic carbocycles. The summed E-state index contributed by atoms with van der Waals surface area (Å²) in [5.41, 5.74) is 1.43. The molecule has 0 spiro atoms. The zero-order chi connectivity index (χ0) is 13.0. The third-order valence-corrected chi connectivity index (χ3v) is 3.38. The Labute approximate surface area is 112 Å². The SMILES string of the molecule is CCC(C)(CCCl)Nc1ccc2nccnc2n1. The fraction of sp³-hybridized carbons (Fsp3) is 0.462. The molecule has 0 amide bonds. The van der Waals surface area contributed by atoms with Crippen molar-refractivity contribution < 1.29 is 0 Å². The molecule has 1 atom stereocenters. The Kier molecular flexibility index (Phi) is 3.97. The zero-order valence-corrected chi connectivity index (χ0v) is 11.4. The first-order valence-electron chi connectivity index (χ1n) is 6.09. The van der Waals surface area contributed by atoms with Crippen molar-refractivity contribution in [3.63, 3.8) is 0 Å². The summed E-state index contributed by atoms with van der Waals surface area (Å²) >= 11 is 5.84. The largest absolute Gasteiger partial charge is 0.365 e. The van der Waals surface area contributed by atoms with Crippen LogP contribution in [0.15, 0.2) is 24.5 Å². The highest BCUT2D eigenvalue weighted by molar-refractivity contribution is 6.17. The Morgan fingerprint density at radius 1 is 1.28 bits per heavy atom. The molecule has 5 heteroatoms. The van der Waals surface area contributed by atoms with E-state index in [0.29, 0.717) is 11.5 Å². The van der Waals surface area contributed by atoms with Crippen LogP contribution in [0, 0.1) is 0 Å². The standard InChI is InChI=1S/C13H17ClN4/c1-3-13(2,6-7-14)18-11-5-4-10-12(17-11)16-9-8-15-10/h4-5,8-9H,3,6-7H2,1-2H3,(H,16,17,18). The van der Waals surface area contributed by atoms with Crippen LogP contribution in [0.1, 0.15) is 26.7 Å². The van der Waals surface area contributed by atoms with E-state index in [2.05, 4.69) is 34.1 Å². The predicted molar refractivity (Wildman–Crippen MR) is 75.0 cm³/mol. The maximum Gasteiger partial charge on any atom is 0.180 e. The van der Waals surface area contributed by atoms with Crippen LogP contribution in [0.5, 0.6) is 0 Å². The van der Waals surface area contributed by atoms with Crippen LogP contribution in [0.25, 0.3) is 11.2 Å². The number of anilines is 1. The van der Waals surface area contributed by atoms with Gasteiger partial charge in [-0.25, -0.2) is 9.97 Å². The lowest BCUT2D eigenvalue weighted by Gasteiger charge is -2.29. The molecule has 4 nitrogen and oxygen atoms in total. The molecule has 2 heterocycles. The van der Waals surface area contributed by atoms with Crippen LogP contribution in [-0.2, 0) is 0 Å². The molecule has 0 radical (unpaired) electrons. The van der Waals surface area contributed by atoms with Gasteiger partial charge in [0.05, 0.1) is 0 Å². The number of hydrogen-bond acceptors (Lipinski definition) is 4. The number of pyridine rings is 1. The average Bonchev–Trinajstić information content (AvgIpc) is 2.39. The molecular formula is C13H17ClN4. The van der Waals surface area contributed by atoms with Gasteiger partial charge in [-0.15, -0.1) is 11.6 Å². The molecule has 0 aliphatic carbocycles. The molecule has 2 aromatic heterocycles. The number of aromatic nitrogens is 3. The van der Waals surface area contributed by atoms with Crippen molar-refractivity contribution in [1.29, 1.82) is 0 Å². The van der Waals surface area contributed by atoms with Crippen LogP contribution in [0.3, 0.4) is 0 Å². The minimum absolute atomic E-state index is 0.0371. The lowest BCUT2D eigenvalue weighted by molar-refractivity contribution is 0.479. The van der Waals surface area contributed by atoms with Gasteiger partial charge in [0.2, 0.25) is 0 Å².